The Morgan fingerprint density at radius 2 is 1.48 bits per heavy atom. The van der Waals surface area contributed by atoms with Crippen LogP contribution < -0.4 is 27.4 Å². The predicted molar refractivity (Wildman–Crippen MR) is 124 cm³/mol. The number of aliphatic hydroxyl groups excluding tert-OH is 1. The van der Waals surface area contributed by atoms with Crippen molar-refractivity contribution in [3.05, 3.63) is 0 Å². The Bertz CT molecular complexity index is 692. The average Bonchev–Trinajstić information content (AvgIpc) is 2.74. The minimum absolute atomic E-state index is 0.254. The van der Waals surface area contributed by atoms with E-state index >= 15 is 0 Å². The van der Waals surface area contributed by atoms with Gasteiger partial charge in [-0.25, -0.2) is 4.79 Å². The van der Waals surface area contributed by atoms with E-state index in [0.29, 0.717) is 18.6 Å². The van der Waals surface area contributed by atoms with E-state index in [1.165, 1.54) is 18.7 Å². The van der Waals surface area contributed by atoms with Crippen LogP contribution in [0.5, 0.6) is 0 Å². The quantitative estimate of drug-likeness (QED) is 0.131. The van der Waals surface area contributed by atoms with Gasteiger partial charge in [-0.2, -0.15) is 11.8 Å². The van der Waals surface area contributed by atoms with Crippen LogP contribution in [0, 0.1) is 5.92 Å². The lowest BCUT2D eigenvalue weighted by atomic mass is 9.97. The van der Waals surface area contributed by atoms with Crippen molar-refractivity contribution in [3.63, 3.8) is 0 Å². The number of nitrogens with one attached hydrogen (secondary N) is 3. The third kappa shape index (κ3) is 11.3. The summed E-state index contributed by atoms with van der Waals surface area (Å²) in [5.74, 6) is -3.98. The lowest BCUT2D eigenvalue weighted by Crippen LogP contribution is -2.61. The molecule has 0 aliphatic rings. The van der Waals surface area contributed by atoms with Crippen molar-refractivity contribution in [2.24, 2.45) is 17.4 Å². The molecule has 0 rings (SSSR count). The van der Waals surface area contributed by atoms with E-state index < -0.39 is 59.9 Å². The molecule has 0 saturated carbocycles. The first-order chi connectivity index (χ1) is 15.3. The van der Waals surface area contributed by atoms with Gasteiger partial charge in [0.1, 0.15) is 18.1 Å². The van der Waals surface area contributed by atoms with Gasteiger partial charge in [0.25, 0.3) is 0 Å². The second-order valence-electron chi connectivity index (χ2n) is 7.89. The molecule has 9 N–H and O–H groups in total. The van der Waals surface area contributed by atoms with E-state index in [9.17, 15) is 34.2 Å². The Kier molecular flexibility index (Phi) is 14.3. The number of carboxylic acid groups (broad SMARTS) is 1. The number of hydrogen-bond acceptors (Lipinski definition) is 8. The average molecular weight is 492 g/mol. The first-order valence-electron chi connectivity index (χ1n) is 10.7. The number of rotatable bonds is 16. The molecule has 0 heterocycles. The molecule has 190 valence electrons. The number of nitrogens with two attached hydrogens (primary N) is 2. The second-order valence-corrected chi connectivity index (χ2v) is 8.88. The molecule has 0 radical (unpaired) electrons. The van der Waals surface area contributed by atoms with Crippen LogP contribution in [-0.4, -0.2) is 82.1 Å². The number of aliphatic hydroxyl groups is 1. The monoisotopic (exact) mass is 491 g/mol. The van der Waals surface area contributed by atoms with Gasteiger partial charge in [0, 0.05) is 6.42 Å². The van der Waals surface area contributed by atoms with Crippen LogP contribution in [0.15, 0.2) is 0 Å². The van der Waals surface area contributed by atoms with Crippen molar-refractivity contribution in [1.82, 2.24) is 16.0 Å². The zero-order valence-electron chi connectivity index (χ0n) is 19.5. The molecular formula is C20H37N5O7S. The highest BCUT2D eigenvalue weighted by atomic mass is 32.2. The fourth-order valence-electron chi connectivity index (χ4n) is 2.79. The minimum atomic E-state index is -1.50. The topological polar surface area (TPSA) is 214 Å². The van der Waals surface area contributed by atoms with E-state index in [1.807, 2.05) is 13.2 Å². The summed E-state index contributed by atoms with van der Waals surface area (Å²) in [5.41, 5.74) is 10.9. The Labute approximate surface area is 198 Å². The molecule has 0 aliphatic heterocycles. The molecule has 33 heavy (non-hydrogen) atoms. The standard InChI is InChI=1S/C20H37N5O7S/c1-5-10(2)15(24-17(28)12(21)8-9-33-4)18(29)25-16(11(3)26)19(30)23-13(20(31)32)6-7-14(22)27/h10-13,15-16,26H,5-9,21H2,1-4H3,(H2,22,27)(H,23,30)(H,24,28)(H,25,29)(H,31,32). The van der Waals surface area contributed by atoms with Crippen LogP contribution in [0.3, 0.4) is 0 Å². The van der Waals surface area contributed by atoms with Gasteiger partial charge in [0.2, 0.25) is 23.6 Å². The Balaban J connectivity index is 5.42. The molecule has 0 spiro atoms. The summed E-state index contributed by atoms with van der Waals surface area (Å²) in [6.45, 7) is 4.80. The largest absolute Gasteiger partial charge is 0.480 e. The number of carbonyl (C=O) groups is 5. The number of carbonyl (C=O) groups excluding carboxylic acids is 4. The molecule has 0 aliphatic carbocycles. The molecule has 0 aromatic heterocycles. The lowest BCUT2D eigenvalue weighted by Gasteiger charge is -2.29. The van der Waals surface area contributed by atoms with Gasteiger partial charge in [-0.1, -0.05) is 20.3 Å². The molecule has 0 fully saturated rings. The van der Waals surface area contributed by atoms with E-state index in [2.05, 4.69) is 16.0 Å². The number of aliphatic carboxylic acids is 1. The zero-order valence-corrected chi connectivity index (χ0v) is 20.3. The molecular weight excluding hydrogens is 454 g/mol. The van der Waals surface area contributed by atoms with E-state index in [0.717, 1.165) is 0 Å². The van der Waals surface area contributed by atoms with Gasteiger partial charge in [0.15, 0.2) is 0 Å². The second kappa shape index (κ2) is 15.5. The van der Waals surface area contributed by atoms with E-state index in [4.69, 9.17) is 11.5 Å². The third-order valence-electron chi connectivity index (χ3n) is 5.12. The lowest BCUT2D eigenvalue weighted by molar-refractivity contribution is -0.143. The SMILES string of the molecule is CCC(C)C(NC(=O)C(N)CCSC)C(=O)NC(C(=O)NC(CCC(N)=O)C(=O)O)C(C)O. The maximum atomic E-state index is 12.9. The normalized spacial score (nSPS) is 16.4. The summed E-state index contributed by atoms with van der Waals surface area (Å²) in [7, 11) is 0. The number of thioether (sulfide) groups is 1. The van der Waals surface area contributed by atoms with Gasteiger partial charge in [0.05, 0.1) is 12.1 Å². The van der Waals surface area contributed by atoms with Crippen LogP contribution in [-0.2, 0) is 24.0 Å². The first kappa shape index (κ1) is 30.6. The summed E-state index contributed by atoms with van der Waals surface area (Å²) < 4.78 is 0. The Morgan fingerprint density at radius 1 is 0.939 bits per heavy atom. The highest BCUT2D eigenvalue weighted by Crippen LogP contribution is 2.10. The van der Waals surface area contributed by atoms with Crippen LogP contribution >= 0.6 is 11.8 Å². The van der Waals surface area contributed by atoms with Crippen LogP contribution in [0.2, 0.25) is 0 Å². The number of primary amides is 1. The van der Waals surface area contributed by atoms with Gasteiger partial charge >= 0.3 is 5.97 Å². The molecule has 0 bridgehead atoms. The predicted octanol–water partition coefficient (Wildman–Crippen LogP) is -1.70. The van der Waals surface area contributed by atoms with Crippen molar-refractivity contribution in [2.75, 3.05) is 12.0 Å². The smallest absolute Gasteiger partial charge is 0.326 e. The molecule has 0 aromatic carbocycles. The number of amides is 4. The zero-order chi connectivity index (χ0) is 25.7. The Hall–Kier alpha value is -2.38. The summed E-state index contributed by atoms with van der Waals surface area (Å²) >= 11 is 1.53. The third-order valence-corrected chi connectivity index (χ3v) is 5.76. The summed E-state index contributed by atoms with van der Waals surface area (Å²) in [6.07, 6.45) is 0.916. The van der Waals surface area contributed by atoms with Crippen molar-refractivity contribution < 1.29 is 34.2 Å². The number of carboxylic acids is 1. The molecule has 4 amide bonds. The van der Waals surface area contributed by atoms with Crippen molar-refractivity contribution >= 4 is 41.4 Å². The minimum Gasteiger partial charge on any atom is -0.480 e. The van der Waals surface area contributed by atoms with Gasteiger partial charge < -0.3 is 37.6 Å². The summed E-state index contributed by atoms with van der Waals surface area (Å²) in [5, 5.41) is 26.5. The number of hydrogen-bond donors (Lipinski definition) is 7. The molecule has 13 heteroatoms. The van der Waals surface area contributed by atoms with Gasteiger partial charge in [-0.3, -0.25) is 19.2 Å². The maximum Gasteiger partial charge on any atom is 0.326 e. The maximum absolute atomic E-state index is 12.9. The van der Waals surface area contributed by atoms with E-state index in [-0.39, 0.29) is 18.8 Å². The summed E-state index contributed by atoms with van der Waals surface area (Å²) in [6, 6.07) is -4.78. The Morgan fingerprint density at radius 3 is 1.94 bits per heavy atom. The molecule has 6 unspecified atom stereocenters. The van der Waals surface area contributed by atoms with Gasteiger partial charge in [-0.05, 0) is 37.7 Å². The molecule has 6 atom stereocenters. The van der Waals surface area contributed by atoms with Crippen molar-refractivity contribution in [3.8, 4) is 0 Å². The molecule has 0 saturated heterocycles. The van der Waals surface area contributed by atoms with Crippen LogP contribution in [0.1, 0.15) is 46.5 Å². The first-order valence-corrected chi connectivity index (χ1v) is 12.1. The summed E-state index contributed by atoms with van der Waals surface area (Å²) in [4.78, 5) is 60.3. The molecule has 0 aromatic rings. The van der Waals surface area contributed by atoms with Crippen molar-refractivity contribution in [2.45, 2.75) is 76.7 Å². The van der Waals surface area contributed by atoms with Crippen molar-refractivity contribution in [1.29, 1.82) is 0 Å². The molecule has 12 nitrogen and oxygen atoms in total. The fraction of sp³-hybridized carbons (Fsp3) is 0.750. The van der Waals surface area contributed by atoms with E-state index in [1.54, 1.807) is 6.92 Å². The highest BCUT2D eigenvalue weighted by molar-refractivity contribution is 7.98. The fourth-order valence-corrected chi connectivity index (χ4v) is 3.28. The van der Waals surface area contributed by atoms with Crippen LogP contribution in [0.4, 0.5) is 0 Å². The highest BCUT2D eigenvalue weighted by Gasteiger charge is 2.34. The van der Waals surface area contributed by atoms with Crippen LogP contribution in [0.25, 0.3) is 0 Å². The van der Waals surface area contributed by atoms with Gasteiger partial charge in [-0.15, -0.1) is 0 Å².